The molecule has 1 aliphatic carbocycles. The van der Waals surface area contributed by atoms with E-state index in [1.807, 2.05) is 38.1 Å². The fourth-order valence-corrected chi connectivity index (χ4v) is 3.85. The predicted octanol–water partition coefficient (Wildman–Crippen LogP) is 1.39. The number of hydrogen-bond donors (Lipinski definition) is 2. The SMILES string of the molecule is CC(C)N(C)S(=O)(=O)NCC1(O)CCCc2ccccc21. The minimum absolute atomic E-state index is 0.00338. The first-order chi connectivity index (χ1) is 9.76. The van der Waals surface area contributed by atoms with Crippen molar-refractivity contribution in [2.45, 2.75) is 44.8 Å². The Morgan fingerprint density at radius 1 is 1.38 bits per heavy atom. The predicted molar refractivity (Wildman–Crippen MR) is 83.1 cm³/mol. The quantitative estimate of drug-likeness (QED) is 0.863. The summed E-state index contributed by atoms with van der Waals surface area (Å²) in [6.07, 6.45) is 2.35. The molecule has 2 rings (SSSR count). The zero-order valence-electron chi connectivity index (χ0n) is 12.8. The molecule has 118 valence electrons. The molecule has 6 heteroatoms. The van der Waals surface area contributed by atoms with Crippen molar-refractivity contribution in [3.63, 3.8) is 0 Å². The summed E-state index contributed by atoms with van der Waals surface area (Å²) >= 11 is 0. The molecule has 0 aliphatic heterocycles. The Labute approximate surface area is 127 Å². The van der Waals surface area contributed by atoms with Gasteiger partial charge < -0.3 is 5.11 Å². The summed E-state index contributed by atoms with van der Waals surface area (Å²) in [6.45, 7) is 3.62. The Morgan fingerprint density at radius 3 is 2.71 bits per heavy atom. The summed E-state index contributed by atoms with van der Waals surface area (Å²) in [7, 11) is -2.04. The lowest BCUT2D eigenvalue weighted by molar-refractivity contribution is 0.0239. The van der Waals surface area contributed by atoms with Crippen LogP contribution in [0.1, 0.15) is 37.8 Å². The summed E-state index contributed by atoms with van der Waals surface area (Å²) in [5, 5.41) is 10.9. The van der Waals surface area contributed by atoms with Gasteiger partial charge in [0.15, 0.2) is 0 Å². The molecule has 0 fully saturated rings. The minimum atomic E-state index is -3.58. The number of nitrogens with one attached hydrogen (secondary N) is 1. The van der Waals surface area contributed by atoms with Gasteiger partial charge in [-0.15, -0.1) is 0 Å². The molecule has 0 saturated heterocycles. The molecule has 21 heavy (non-hydrogen) atoms. The number of rotatable bonds is 5. The van der Waals surface area contributed by atoms with Crippen molar-refractivity contribution in [3.05, 3.63) is 35.4 Å². The van der Waals surface area contributed by atoms with Gasteiger partial charge in [-0.2, -0.15) is 17.4 Å². The van der Waals surface area contributed by atoms with Crippen molar-refractivity contribution in [1.82, 2.24) is 9.03 Å². The second-order valence-corrected chi connectivity index (χ2v) is 7.79. The van der Waals surface area contributed by atoms with Crippen LogP contribution < -0.4 is 4.72 Å². The Morgan fingerprint density at radius 2 is 2.05 bits per heavy atom. The van der Waals surface area contributed by atoms with Crippen LogP contribution in [-0.2, 0) is 22.2 Å². The number of hydrogen-bond acceptors (Lipinski definition) is 3. The molecule has 5 nitrogen and oxygen atoms in total. The third-order valence-corrected chi connectivity index (χ3v) is 5.90. The molecule has 1 aromatic carbocycles. The highest BCUT2D eigenvalue weighted by atomic mass is 32.2. The van der Waals surface area contributed by atoms with Crippen LogP contribution in [0.15, 0.2) is 24.3 Å². The highest BCUT2D eigenvalue weighted by Crippen LogP contribution is 2.34. The van der Waals surface area contributed by atoms with Crippen LogP contribution in [0.25, 0.3) is 0 Å². The summed E-state index contributed by atoms with van der Waals surface area (Å²) in [5.74, 6) is 0. The number of aliphatic hydroxyl groups is 1. The second-order valence-electron chi connectivity index (χ2n) is 5.98. The van der Waals surface area contributed by atoms with E-state index >= 15 is 0 Å². The van der Waals surface area contributed by atoms with Crippen molar-refractivity contribution in [2.75, 3.05) is 13.6 Å². The van der Waals surface area contributed by atoms with E-state index in [-0.39, 0.29) is 12.6 Å². The van der Waals surface area contributed by atoms with Crippen LogP contribution in [0.2, 0.25) is 0 Å². The Balaban J connectivity index is 2.17. The highest BCUT2D eigenvalue weighted by Gasteiger charge is 2.35. The minimum Gasteiger partial charge on any atom is -0.384 e. The first-order valence-electron chi connectivity index (χ1n) is 7.30. The average molecular weight is 312 g/mol. The van der Waals surface area contributed by atoms with Gasteiger partial charge in [0.05, 0.1) is 0 Å². The Kier molecular flexibility index (Phi) is 4.72. The largest absolute Gasteiger partial charge is 0.384 e. The first-order valence-corrected chi connectivity index (χ1v) is 8.74. The van der Waals surface area contributed by atoms with Gasteiger partial charge in [0.25, 0.3) is 10.2 Å². The molecule has 0 radical (unpaired) electrons. The lowest BCUT2D eigenvalue weighted by Gasteiger charge is -2.35. The van der Waals surface area contributed by atoms with Crippen molar-refractivity contribution in [1.29, 1.82) is 0 Å². The van der Waals surface area contributed by atoms with Gasteiger partial charge >= 0.3 is 0 Å². The van der Waals surface area contributed by atoms with Crippen LogP contribution in [0.4, 0.5) is 0 Å². The first kappa shape index (κ1) is 16.4. The van der Waals surface area contributed by atoms with Crippen LogP contribution >= 0.6 is 0 Å². The van der Waals surface area contributed by atoms with E-state index in [9.17, 15) is 13.5 Å². The van der Waals surface area contributed by atoms with E-state index in [0.717, 1.165) is 24.0 Å². The second kappa shape index (κ2) is 6.04. The third kappa shape index (κ3) is 3.45. The zero-order chi connectivity index (χ0) is 15.7. The Bertz CT molecular complexity index is 601. The number of nitrogens with zero attached hydrogens (tertiary/aromatic N) is 1. The molecule has 0 bridgehead atoms. The summed E-state index contributed by atoms with van der Waals surface area (Å²) in [4.78, 5) is 0. The van der Waals surface area contributed by atoms with Gasteiger partial charge in [-0.1, -0.05) is 24.3 Å². The fourth-order valence-electron chi connectivity index (χ4n) is 2.67. The number of aryl methyl sites for hydroxylation is 1. The molecule has 1 unspecified atom stereocenters. The van der Waals surface area contributed by atoms with Gasteiger partial charge in [-0.3, -0.25) is 0 Å². The molecule has 1 atom stereocenters. The van der Waals surface area contributed by atoms with Crippen LogP contribution in [-0.4, -0.2) is 37.5 Å². The summed E-state index contributed by atoms with van der Waals surface area (Å²) in [5.41, 5.74) is 0.813. The van der Waals surface area contributed by atoms with Crippen molar-refractivity contribution >= 4 is 10.2 Å². The molecule has 0 amide bonds. The van der Waals surface area contributed by atoms with E-state index in [4.69, 9.17) is 0 Å². The van der Waals surface area contributed by atoms with Crippen LogP contribution in [0, 0.1) is 0 Å². The molecule has 0 spiro atoms. The smallest absolute Gasteiger partial charge is 0.279 e. The molecule has 1 aromatic rings. The third-order valence-electron chi connectivity index (χ3n) is 4.21. The fraction of sp³-hybridized carbons (Fsp3) is 0.600. The summed E-state index contributed by atoms with van der Waals surface area (Å²) in [6, 6.07) is 7.57. The molecule has 1 aliphatic rings. The maximum atomic E-state index is 12.2. The zero-order valence-corrected chi connectivity index (χ0v) is 13.7. The normalized spacial score (nSPS) is 22.6. The van der Waals surface area contributed by atoms with Crippen molar-refractivity contribution in [2.24, 2.45) is 0 Å². The maximum Gasteiger partial charge on any atom is 0.279 e. The van der Waals surface area contributed by atoms with Gasteiger partial charge in [0.2, 0.25) is 0 Å². The number of benzene rings is 1. The van der Waals surface area contributed by atoms with Crippen molar-refractivity contribution < 1.29 is 13.5 Å². The molecule has 0 heterocycles. The van der Waals surface area contributed by atoms with Crippen molar-refractivity contribution in [3.8, 4) is 0 Å². The lowest BCUT2D eigenvalue weighted by atomic mass is 9.79. The van der Waals surface area contributed by atoms with Gasteiger partial charge in [-0.05, 0) is 44.2 Å². The Hall–Kier alpha value is -0.950. The molecular weight excluding hydrogens is 288 g/mol. The van der Waals surface area contributed by atoms with E-state index in [2.05, 4.69) is 4.72 Å². The molecule has 0 aromatic heterocycles. The van der Waals surface area contributed by atoms with Crippen LogP contribution in [0.3, 0.4) is 0 Å². The molecule has 2 N–H and O–H groups in total. The average Bonchev–Trinajstić information content (AvgIpc) is 2.45. The van der Waals surface area contributed by atoms with Crippen LogP contribution in [0.5, 0.6) is 0 Å². The molecular formula is C15H24N2O3S. The standard InChI is InChI=1S/C15H24N2O3S/c1-12(2)17(3)21(19,20)16-11-15(18)10-6-8-13-7-4-5-9-14(13)15/h4-5,7,9,12,16,18H,6,8,10-11H2,1-3H3. The highest BCUT2D eigenvalue weighted by molar-refractivity contribution is 7.87. The topological polar surface area (TPSA) is 69.6 Å². The van der Waals surface area contributed by atoms with E-state index in [1.54, 1.807) is 0 Å². The van der Waals surface area contributed by atoms with Gasteiger partial charge in [0, 0.05) is 19.6 Å². The van der Waals surface area contributed by atoms with E-state index in [0.29, 0.717) is 6.42 Å². The lowest BCUT2D eigenvalue weighted by Crippen LogP contribution is -2.48. The monoisotopic (exact) mass is 312 g/mol. The van der Waals surface area contributed by atoms with E-state index in [1.165, 1.54) is 11.4 Å². The van der Waals surface area contributed by atoms with Gasteiger partial charge in [0.1, 0.15) is 5.60 Å². The van der Waals surface area contributed by atoms with Gasteiger partial charge in [-0.25, -0.2) is 0 Å². The summed E-state index contributed by atoms with van der Waals surface area (Å²) < 4.78 is 28.2. The molecule has 0 saturated carbocycles. The maximum absolute atomic E-state index is 12.2. The number of fused-ring (bicyclic) bond motifs is 1. The van der Waals surface area contributed by atoms with E-state index < -0.39 is 15.8 Å².